The number of hydrogen-bond acceptors (Lipinski definition) is 2. The molecule has 0 atom stereocenters. The molecule has 0 aromatic heterocycles. The average Bonchev–Trinajstić information content (AvgIpc) is 2.40. The minimum absolute atomic E-state index is 0.0417. The molecule has 0 amide bonds. The van der Waals surface area contributed by atoms with Crippen LogP contribution in [0, 0.1) is 0 Å². The fourth-order valence-electron chi connectivity index (χ4n) is 3.18. The quantitative estimate of drug-likeness (QED) is 0.848. The van der Waals surface area contributed by atoms with E-state index >= 15 is 0 Å². The number of nitrogens with zero attached hydrogens (tertiary/aromatic N) is 1. The summed E-state index contributed by atoms with van der Waals surface area (Å²) in [5.74, 6) is 0. The van der Waals surface area contributed by atoms with Crippen LogP contribution in [0.15, 0.2) is 48.2 Å². The van der Waals surface area contributed by atoms with Crippen LogP contribution in [0.25, 0.3) is 5.57 Å². The molecule has 2 rings (SSSR count). The van der Waals surface area contributed by atoms with Gasteiger partial charge in [-0.2, -0.15) is 0 Å². The Bertz CT molecular complexity index is 670. The standard InChI is InChI=1S/C21H30N2/c1-14-11-17-13-18(23(7)8)9-10-19(17)16(3)20(14)12-15(2)22-21(4,5)6/h9-10,13,22H,1-2,11-12H2,3-8H3. The molecule has 0 saturated carbocycles. The van der Waals surface area contributed by atoms with Crippen molar-refractivity contribution in [1.82, 2.24) is 5.32 Å². The van der Waals surface area contributed by atoms with Crippen LogP contribution >= 0.6 is 0 Å². The summed E-state index contributed by atoms with van der Waals surface area (Å²) < 4.78 is 0. The number of anilines is 1. The van der Waals surface area contributed by atoms with Gasteiger partial charge in [-0.1, -0.05) is 19.2 Å². The molecule has 0 bridgehead atoms. The minimum atomic E-state index is 0.0417. The number of allylic oxidation sites excluding steroid dienone is 3. The van der Waals surface area contributed by atoms with E-state index < -0.39 is 0 Å². The number of rotatable bonds is 4. The van der Waals surface area contributed by atoms with Crippen molar-refractivity contribution >= 4 is 11.3 Å². The summed E-state index contributed by atoms with van der Waals surface area (Å²) in [5.41, 5.74) is 8.93. The third-order valence-electron chi connectivity index (χ3n) is 4.23. The Balaban J connectivity index is 2.32. The van der Waals surface area contributed by atoms with Crippen molar-refractivity contribution in [3.05, 3.63) is 59.3 Å². The van der Waals surface area contributed by atoms with E-state index in [1.165, 1.54) is 33.5 Å². The molecule has 1 aliphatic rings. The average molecular weight is 310 g/mol. The summed E-state index contributed by atoms with van der Waals surface area (Å²) in [5, 5.41) is 3.48. The zero-order valence-electron chi connectivity index (χ0n) is 15.5. The van der Waals surface area contributed by atoms with Gasteiger partial charge in [-0.25, -0.2) is 0 Å². The first-order valence-electron chi connectivity index (χ1n) is 8.23. The maximum absolute atomic E-state index is 4.33. The fourth-order valence-corrected chi connectivity index (χ4v) is 3.18. The van der Waals surface area contributed by atoms with Crippen molar-refractivity contribution in [3.63, 3.8) is 0 Å². The second-order valence-corrected chi connectivity index (χ2v) is 7.78. The van der Waals surface area contributed by atoms with Gasteiger partial charge in [-0.05, 0) is 74.1 Å². The Morgan fingerprint density at radius 1 is 1.26 bits per heavy atom. The molecule has 2 nitrogen and oxygen atoms in total. The molecule has 0 unspecified atom stereocenters. The van der Waals surface area contributed by atoms with Crippen LogP contribution < -0.4 is 10.2 Å². The molecule has 1 aliphatic carbocycles. The van der Waals surface area contributed by atoms with Crippen LogP contribution in [0.1, 0.15) is 45.2 Å². The van der Waals surface area contributed by atoms with Gasteiger partial charge in [0, 0.05) is 37.4 Å². The molecule has 2 heteroatoms. The maximum Gasteiger partial charge on any atom is 0.0364 e. The maximum atomic E-state index is 4.33. The summed E-state index contributed by atoms with van der Waals surface area (Å²) >= 11 is 0. The van der Waals surface area contributed by atoms with Crippen molar-refractivity contribution in [2.45, 2.75) is 46.1 Å². The second-order valence-electron chi connectivity index (χ2n) is 7.78. The molecule has 0 radical (unpaired) electrons. The van der Waals surface area contributed by atoms with Gasteiger partial charge >= 0.3 is 0 Å². The van der Waals surface area contributed by atoms with E-state index in [4.69, 9.17) is 0 Å². The molecule has 0 heterocycles. The van der Waals surface area contributed by atoms with Crippen LogP contribution in [0.4, 0.5) is 5.69 Å². The van der Waals surface area contributed by atoms with Crippen LogP contribution in [0.2, 0.25) is 0 Å². The van der Waals surface area contributed by atoms with E-state index in [-0.39, 0.29) is 5.54 Å². The van der Waals surface area contributed by atoms with Gasteiger partial charge in [0.1, 0.15) is 0 Å². The van der Waals surface area contributed by atoms with Crippen molar-refractivity contribution < 1.29 is 0 Å². The lowest BCUT2D eigenvalue weighted by molar-refractivity contribution is 0.469. The van der Waals surface area contributed by atoms with E-state index in [1.54, 1.807) is 0 Å². The van der Waals surface area contributed by atoms with Crippen LogP contribution in [-0.2, 0) is 6.42 Å². The minimum Gasteiger partial charge on any atom is -0.384 e. The summed E-state index contributed by atoms with van der Waals surface area (Å²) in [6.45, 7) is 17.2. The molecule has 0 saturated heterocycles. The lowest BCUT2D eigenvalue weighted by Gasteiger charge is -2.28. The first-order chi connectivity index (χ1) is 10.6. The molecular formula is C21H30N2. The van der Waals surface area contributed by atoms with Crippen molar-refractivity contribution in [2.75, 3.05) is 19.0 Å². The lowest BCUT2D eigenvalue weighted by Crippen LogP contribution is -2.34. The highest BCUT2D eigenvalue weighted by atomic mass is 15.1. The summed E-state index contributed by atoms with van der Waals surface area (Å²) in [7, 11) is 4.16. The predicted molar refractivity (Wildman–Crippen MR) is 103 cm³/mol. The van der Waals surface area contributed by atoms with E-state index in [1.807, 2.05) is 0 Å². The molecule has 0 fully saturated rings. The van der Waals surface area contributed by atoms with Gasteiger partial charge in [-0.3, -0.25) is 0 Å². The third kappa shape index (κ3) is 4.07. The zero-order chi connectivity index (χ0) is 17.4. The van der Waals surface area contributed by atoms with Crippen molar-refractivity contribution in [1.29, 1.82) is 0 Å². The van der Waals surface area contributed by atoms with Crippen molar-refractivity contribution in [3.8, 4) is 0 Å². The molecule has 1 aromatic rings. The van der Waals surface area contributed by atoms with Gasteiger partial charge in [-0.15, -0.1) is 0 Å². The van der Waals surface area contributed by atoms with Crippen LogP contribution in [-0.4, -0.2) is 19.6 Å². The molecular weight excluding hydrogens is 280 g/mol. The Morgan fingerprint density at radius 2 is 1.91 bits per heavy atom. The Hall–Kier alpha value is -1.96. The predicted octanol–water partition coefficient (Wildman–Crippen LogP) is 4.93. The molecule has 23 heavy (non-hydrogen) atoms. The molecule has 124 valence electrons. The van der Waals surface area contributed by atoms with E-state index in [0.717, 1.165) is 18.5 Å². The van der Waals surface area contributed by atoms with Crippen LogP contribution in [0.3, 0.4) is 0 Å². The fraction of sp³-hybridized carbons (Fsp3) is 0.429. The highest BCUT2D eigenvalue weighted by Gasteiger charge is 2.21. The Labute approximate surface area is 141 Å². The summed E-state index contributed by atoms with van der Waals surface area (Å²) in [4.78, 5) is 2.15. The zero-order valence-corrected chi connectivity index (χ0v) is 15.5. The Kier molecular flexibility index (Phi) is 4.74. The largest absolute Gasteiger partial charge is 0.384 e. The number of benzene rings is 1. The topological polar surface area (TPSA) is 15.3 Å². The smallest absolute Gasteiger partial charge is 0.0364 e. The molecule has 1 aromatic carbocycles. The first-order valence-corrected chi connectivity index (χ1v) is 8.23. The SMILES string of the molecule is C=C(CC1=C(C)c2ccc(N(C)C)cc2CC1=C)NC(C)(C)C. The number of nitrogens with one attached hydrogen (secondary N) is 1. The lowest BCUT2D eigenvalue weighted by atomic mass is 9.81. The van der Waals surface area contributed by atoms with E-state index in [9.17, 15) is 0 Å². The van der Waals surface area contributed by atoms with E-state index in [0.29, 0.717) is 0 Å². The van der Waals surface area contributed by atoms with Gasteiger partial charge in [0.25, 0.3) is 0 Å². The molecule has 1 N–H and O–H groups in total. The highest BCUT2D eigenvalue weighted by Crippen LogP contribution is 2.37. The number of hydrogen-bond donors (Lipinski definition) is 1. The molecule has 0 aliphatic heterocycles. The third-order valence-corrected chi connectivity index (χ3v) is 4.23. The van der Waals surface area contributed by atoms with Crippen LogP contribution in [0.5, 0.6) is 0 Å². The van der Waals surface area contributed by atoms with Gasteiger partial charge in [0.2, 0.25) is 0 Å². The first kappa shape index (κ1) is 17.4. The second kappa shape index (κ2) is 6.27. The highest BCUT2D eigenvalue weighted by molar-refractivity contribution is 5.78. The monoisotopic (exact) mass is 310 g/mol. The van der Waals surface area contributed by atoms with Gasteiger partial charge < -0.3 is 10.2 Å². The van der Waals surface area contributed by atoms with Gasteiger partial charge in [0.05, 0.1) is 0 Å². The number of fused-ring (bicyclic) bond motifs is 1. The van der Waals surface area contributed by atoms with Gasteiger partial charge in [0.15, 0.2) is 0 Å². The summed E-state index contributed by atoms with van der Waals surface area (Å²) in [6.07, 6.45) is 1.77. The van der Waals surface area contributed by atoms with Crippen molar-refractivity contribution in [2.24, 2.45) is 0 Å². The Morgan fingerprint density at radius 3 is 2.48 bits per heavy atom. The normalized spacial score (nSPS) is 14.6. The summed E-state index contributed by atoms with van der Waals surface area (Å²) in [6, 6.07) is 6.71. The van der Waals surface area contributed by atoms with E-state index in [2.05, 4.69) is 83.4 Å². The molecule has 0 spiro atoms.